The number of amides is 1. The molecule has 0 saturated carbocycles. The van der Waals surface area contributed by atoms with Crippen LogP contribution in [0.2, 0.25) is 5.15 Å². The first kappa shape index (κ1) is 20.7. The molecule has 4 rings (SSSR count). The first-order chi connectivity index (χ1) is 14.2. The van der Waals surface area contributed by atoms with E-state index >= 15 is 0 Å². The van der Waals surface area contributed by atoms with Gasteiger partial charge in [0, 0.05) is 13.1 Å². The minimum atomic E-state index is -0.525. The third-order valence-corrected chi connectivity index (χ3v) is 5.52. The van der Waals surface area contributed by atoms with E-state index in [4.69, 9.17) is 21.1 Å². The van der Waals surface area contributed by atoms with Crippen molar-refractivity contribution in [1.82, 2.24) is 14.9 Å². The number of fused-ring (bicyclic) bond motifs is 2. The van der Waals surface area contributed by atoms with Crippen LogP contribution in [0.15, 0.2) is 18.5 Å². The van der Waals surface area contributed by atoms with Crippen molar-refractivity contribution >= 4 is 29.2 Å². The highest BCUT2D eigenvalue weighted by Crippen LogP contribution is 2.40. The van der Waals surface area contributed by atoms with E-state index in [0.29, 0.717) is 30.2 Å². The number of hydrogen-bond donors (Lipinski definition) is 1. The monoisotopic (exact) mass is 434 g/mol. The van der Waals surface area contributed by atoms with Gasteiger partial charge in [0.2, 0.25) is 0 Å². The molecular formula is C21H24ClFN4O3. The Hall–Kier alpha value is -2.61. The van der Waals surface area contributed by atoms with E-state index in [0.717, 1.165) is 18.4 Å². The van der Waals surface area contributed by atoms with E-state index in [9.17, 15) is 9.18 Å². The average Bonchev–Trinajstić information content (AvgIpc) is 2.87. The van der Waals surface area contributed by atoms with Crippen molar-refractivity contribution in [2.75, 3.05) is 18.4 Å². The number of likely N-dealkylation sites (tertiary alicyclic amines) is 1. The molecule has 1 fully saturated rings. The number of hydrogen-bond acceptors (Lipinski definition) is 6. The zero-order valence-electron chi connectivity index (χ0n) is 17.2. The van der Waals surface area contributed by atoms with Gasteiger partial charge in [-0.2, -0.15) is 0 Å². The van der Waals surface area contributed by atoms with E-state index in [1.165, 1.54) is 12.4 Å². The fourth-order valence-electron chi connectivity index (χ4n) is 3.71. The first-order valence-electron chi connectivity index (χ1n) is 9.92. The molecule has 1 aromatic heterocycles. The van der Waals surface area contributed by atoms with Crippen LogP contribution in [-0.4, -0.2) is 39.7 Å². The fourth-order valence-corrected chi connectivity index (χ4v) is 3.90. The maximum absolute atomic E-state index is 14.9. The molecule has 30 heavy (non-hydrogen) atoms. The molecule has 0 spiro atoms. The molecule has 2 aromatic rings. The standard InChI is InChI=1S/C21H24ClFN4O3/c1-21(2,3)30-20(28)27-6-4-12(5-7-27)13-8-15(23)17-16(9-13)26-19-14(10-29-17)18(22)24-11-25-19/h8-9,11-12H,4-7,10H2,1-3H3,(H,24,25,26). The van der Waals surface area contributed by atoms with Crippen molar-refractivity contribution in [1.29, 1.82) is 0 Å². The fraction of sp³-hybridized carbons (Fsp3) is 0.476. The lowest BCUT2D eigenvalue weighted by Gasteiger charge is -2.33. The second kappa shape index (κ2) is 7.91. The van der Waals surface area contributed by atoms with E-state index in [-0.39, 0.29) is 29.5 Å². The number of carbonyl (C=O) groups excluding carboxylic acids is 1. The second-order valence-electron chi connectivity index (χ2n) is 8.53. The molecule has 0 unspecified atom stereocenters. The van der Waals surface area contributed by atoms with Gasteiger partial charge in [0.25, 0.3) is 0 Å². The summed E-state index contributed by atoms with van der Waals surface area (Å²) in [6, 6.07) is 3.40. The molecule has 2 aliphatic rings. The van der Waals surface area contributed by atoms with Crippen molar-refractivity contribution in [2.45, 2.75) is 51.7 Å². The Morgan fingerprint density at radius 2 is 2.03 bits per heavy atom. The van der Waals surface area contributed by atoms with Gasteiger partial charge in [0.05, 0.1) is 11.3 Å². The highest BCUT2D eigenvalue weighted by Gasteiger charge is 2.29. The Balaban J connectivity index is 1.51. The molecule has 0 bridgehead atoms. The molecule has 3 heterocycles. The largest absolute Gasteiger partial charge is 0.483 e. The van der Waals surface area contributed by atoms with Gasteiger partial charge in [0.1, 0.15) is 29.5 Å². The number of aromatic nitrogens is 2. The average molecular weight is 435 g/mol. The number of piperidine rings is 1. The molecule has 2 aliphatic heterocycles. The molecule has 9 heteroatoms. The third-order valence-electron chi connectivity index (χ3n) is 5.19. The summed E-state index contributed by atoms with van der Waals surface area (Å²) in [6.07, 6.45) is 2.50. The summed E-state index contributed by atoms with van der Waals surface area (Å²) in [5.41, 5.74) is 1.42. The Kier molecular flexibility index (Phi) is 5.44. The number of nitrogens with one attached hydrogen (secondary N) is 1. The summed E-state index contributed by atoms with van der Waals surface area (Å²) in [5.74, 6) is 0.326. The first-order valence-corrected chi connectivity index (χ1v) is 10.3. The van der Waals surface area contributed by atoms with Gasteiger partial charge >= 0.3 is 6.09 Å². The normalized spacial score (nSPS) is 16.6. The number of benzene rings is 1. The molecule has 7 nitrogen and oxygen atoms in total. The Labute approximate surface area is 179 Å². The smallest absolute Gasteiger partial charge is 0.410 e. The minimum absolute atomic E-state index is 0.0829. The summed E-state index contributed by atoms with van der Waals surface area (Å²) in [4.78, 5) is 22.1. The second-order valence-corrected chi connectivity index (χ2v) is 8.88. The van der Waals surface area contributed by atoms with Crippen LogP contribution in [0, 0.1) is 5.82 Å². The summed E-state index contributed by atoms with van der Waals surface area (Å²) in [6.45, 7) is 6.76. The maximum Gasteiger partial charge on any atom is 0.410 e. The van der Waals surface area contributed by atoms with Gasteiger partial charge in [-0.05, 0) is 57.2 Å². The van der Waals surface area contributed by atoms with Gasteiger partial charge in [0.15, 0.2) is 11.6 Å². The lowest BCUT2D eigenvalue weighted by Crippen LogP contribution is -2.41. The van der Waals surface area contributed by atoms with Crippen LogP contribution >= 0.6 is 11.6 Å². The van der Waals surface area contributed by atoms with Crippen molar-refractivity contribution in [3.05, 3.63) is 40.6 Å². The molecular weight excluding hydrogens is 411 g/mol. The summed E-state index contributed by atoms with van der Waals surface area (Å²) >= 11 is 6.12. The predicted octanol–water partition coefficient (Wildman–Crippen LogP) is 5.02. The molecule has 1 N–H and O–H groups in total. The van der Waals surface area contributed by atoms with E-state index in [1.807, 2.05) is 26.8 Å². The van der Waals surface area contributed by atoms with Gasteiger partial charge in [-0.1, -0.05) is 11.6 Å². The van der Waals surface area contributed by atoms with Gasteiger partial charge in [-0.3, -0.25) is 0 Å². The van der Waals surface area contributed by atoms with Gasteiger partial charge in [-0.15, -0.1) is 0 Å². The summed E-state index contributed by atoms with van der Waals surface area (Å²) in [7, 11) is 0. The molecule has 1 amide bonds. The van der Waals surface area contributed by atoms with Crippen LogP contribution in [0.3, 0.4) is 0 Å². The number of rotatable bonds is 1. The van der Waals surface area contributed by atoms with Crippen LogP contribution in [0.4, 0.5) is 20.7 Å². The van der Waals surface area contributed by atoms with Crippen molar-refractivity contribution in [3.8, 4) is 5.75 Å². The minimum Gasteiger partial charge on any atom is -0.483 e. The van der Waals surface area contributed by atoms with Gasteiger partial charge < -0.3 is 19.7 Å². The molecule has 0 aliphatic carbocycles. The highest BCUT2D eigenvalue weighted by atomic mass is 35.5. The number of nitrogens with zero attached hydrogens (tertiary/aromatic N) is 3. The number of ether oxygens (including phenoxy) is 2. The highest BCUT2D eigenvalue weighted by molar-refractivity contribution is 6.30. The van der Waals surface area contributed by atoms with Crippen molar-refractivity contribution < 1.29 is 18.7 Å². The molecule has 160 valence electrons. The zero-order chi connectivity index (χ0) is 21.5. The van der Waals surface area contributed by atoms with Crippen LogP contribution in [0.25, 0.3) is 0 Å². The molecule has 1 saturated heterocycles. The van der Waals surface area contributed by atoms with E-state index in [1.54, 1.807) is 4.90 Å². The number of anilines is 2. The molecule has 0 atom stereocenters. The van der Waals surface area contributed by atoms with E-state index < -0.39 is 11.4 Å². The Bertz CT molecular complexity index is 971. The summed E-state index contributed by atoms with van der Waals surface area (Å²) in [5, 5.41) is 3.41. The van der Waals surface area contributed by atoms with Crippen molar-refractivity contribution in [3.63, 3.8) is 0 Å². The Morgan fingerprint density at radius 1 is 1.30 bits per heavy atom. The lowest BCUT2D eigenvalue weighted by molar-refractivity contribution is 0.0204. The SMILES string of the molecule is CC(C)(C)OC(=O)N1CCC(c2cc(F)c3c(c2)Nc2ncnc(Cl)c2CO3)CC1. The van der Waals surface area contributed by atoms with Crippen LogP contribution < -0.4 is 10.1 Å². The van der Waals surface area contributed by atoms with Crippen LogP contribution in [0.1, 0.15) is 50.7 Å². The van der Waals surface area contributed by atoms with Crippen LogP contribution in [0.5, 0.6) is 5.75 Å². The van der Waals surface area contributed by atoms with Crippen LogP contribution in [-0.2, 0) is 11.3 Å². The third kappa shape index (κ3) is 4.28. The predicted molar refractivity (Wildman–Crippen MR) is 111 cm³/mol. The lowest BCUT2D eigenvalue weighted by atomic mass is 9.89. The van der Waals surface area contributed by atoms with E-state index in [2.05, 4.69) is 15.3 Å². The number of halogens is 2. The zero-order valence-corrected chi connectivity index (χ0v) is 17.9. The Morgan fingerprint density at radius 3 is 2.73 bits per heavy atom. The van der Waals surface area contributed by atoms with Crippen molar-refractivity contribution in [2.24, 2.45) is 0 Å². The number of carbonyl (C=O) groups is 1. The summed E-state index contributed by atoms with van der Waals surface area (Å²) < 4.78 is 26.0. The molecule has 0 radical (unpaired) electrons. The molecule has 1 aromatic carbocycles. The topological polar surface area (TPSA) is 76.6 Å². The van der Waals surface area contributed by atoms with Gasteiger partial charge in [-0.25, -0.2) is 19.2 Å². The maximum atomic E-state index is 14.9. The quantitative estimate of drug-likeness (QED) is 0.635.